The number of aryl methyl sites for hydroxylation is 2. The first-order valence-electron chi connectivity index (χ1n) is 11.7. The van der Waals surface area contributed by atoms with Gasteiger partial charge in [0.1, 0.15) is 0 Å². The molecule has 0 saturated heterocycles. The number of nitrogens with zero attached hydrogens (tertiary/aromatic N) is 3. The molecule has 4 rings (SSSR count). The molecule has 1 fully saturated rings. The fourth-order valence-corrected chi connectivity index (χ4v) is 4.79. The Morgan fingerprint density at radius 1 is 1.06 bits per heavy atom. The topological polar surface area (TPSA) is 68.4 Å². The van der Waals surface area contributed by atoms with Crippen LogP contribution in [0.4, 0.5) is 5.69 Å². The Morgan fingerprint density at radius 3 is 2.58 bits per heavy atom. The van der Waals surface area contributed by atoms with Crippen molar-refractivity contribution in [2.45, 2.75) is 65.1 Å². The maximum Gasteiger partial charge on any atom is 0.273 e. The van der Waals surface area contributed by atoms with Crippen LogP contribution in [0.5, 0.6) is 0 Å². The van der Waals surface area contributed by atoms with Crippen LogP contribution >= 0.6 is 0 Å². The SMILES string of the molecule is Cc1cccc(Cn2cccc2CN(C(=O)c2ccc(C)c([N+](=O)[O-])c2)C2CCCCC2)c1. The second-order valence-corrected chi connectivity index (χ2v) is 9.10. The monoisotopic (exact) mass is 445 g/mol. The van der Waals surface area contributed by atoms with Crippen LogP contribution in [-0.2, 0) is 13.1 Å². The van der Waals surface area contributed by atoms with Gasteiger partial charge in [0, 0.05) is 41.7 Å². The first-order valence-corrected chi connectivity index (χ1v) is 11.7. The largest absolute Gasteiger partial charge is 0.345 e. The molecule has 172 valence electrons. The average molecular weight is 446 g/mol. The zero-order valence-corrected chi connectivity index (χ0v) is 19.4. The number of nitro benzene ring substituents is 1. The maximum atomic E-state index is 13.7. The van der Waals surface area contributed by atoms with E-state index >= 15 is 0 Å². The lowest BCUT2D eigenvalue weighted by Gasteiger charge is -2.35. The Bertz CT molecular complexity index is 1150. The van der Waals surface area contributed by atoms with Gasteiger partial charge in [-0.15, -0.1) is 0 Å². The van der Waals surface area contributed by atoms with Crippen molar-refractivity contribution in [3.05, 3.63) is 98.9 Å². The fraction of sp³-hybridized carbons (Fsp3) is 0.370. The molecule has 33 heavy (non-hydrogen) atoms. The minimum Gasteiger partial charge on any atom is -0.345 e. The molecular formula is C27H31N3O3. The van der Waals surface area contributed by atoms with Crippen molar-refractivity contribution < 1.29 is 9.72 Å². The van der Waals surface area contributed by atoms with E-state index in [0.29, 0.717) is 17.7 Å². The minimum absolute atomic E-state index is 0.00716. The van der Waals surface area contributed by atoms with Gasteiger partial charge >= 0.3 is 0 Å². The fourth-order valence-electron chi connectivity index (χ4n) is 4.79. The summed E-state index contributed by atoms with van der Waals surface area (Å²) in [5, 5.41) is 11.4. The maximum absolute atomic E-state index is 13.7. The number of nitro groups is 1. The summed E-state index contributed by atoms with van der Waals surface area (Å²) >= 11 is 0. The van der Waals surface area contributed by atoms with E-state index in [4.69, 9.17) is 0 Å². The number of hydrogen-bond acceptors (Lipinski definition) is 3. The van der Waals surface area contributed by atoms with Gasteiger partial charge in [0.15, 0.2) is 0 Å². The molecule has 0 radical (unpaired) electrons. The minimum atomic E-state index is -0.413. The van der Waals surface area contributed by atoms with Gasteiger partial charge in [0.05, 0.1) is 11.5 Å². The zero-order chi connectivity index (χ0) is 23.4. The lowest BCUT2D eigenvalue weighted by molar-refractivity contribution is -0.385. The summed E-state index contributed by atoms with van der Waals surface area (Å²) < 4.78 is 2.19. The van der Waals surface area contributed by atoms with Gasteiger partial charge < -0.3 is 9.47 Å². The lowest BCUT2D eigenvalue weighted by atomic mass is 9.93. The molecule has 1 aliphatic rings. The van der Waals surface area contributed by atoms with Crippen molar-refractivity contribution in [1.29, 1.82) is 0 Å². The Kier molecular flexibility index (Phi) is 6.92. The molecule has 1 saturated carbocycles. The predicted octanol–water partition coefficient (Wildman–Crippen LogP) is 6.04. The van der Waals surface area contributed by atoms with Crippen molar-refractivity contribution in [3.8, 4) is 0 Å². The van der Waals surface area contributed by atoms with Crippen LogP contribution in [0.1, 0.15) is 64.8 Å². The van der Waals surface area contributed by atoms with Crippen LogP contribution in [0.25, 0.3) is 0 Å². The Labute approximate surface area is 195 Å². The van der Waals surface area contributed by atoms with Gasteiger partial charge in [-0.1, -0.05) is 55.2 Å². The van der Waals surface area contributed by atoms with Gasteiger partial charge in [0.2, 0.25) is 0 Å². The molecule has 0 N–H and O–H groups in total. The molecule has 1 heterocycles. The van der Waals surface area contributed by atoms with Crippen molar-refractivity contribution in [2.75, 3.05) is 0 Å². The first-order chi connectivity index (χ1) is 15.9. The molecule has 0 unspecified atom stereocenters. The molecule has 0 atom stereocenters. The highest BCUT2D eigenvalue weighted by Crippen LogP contribution is 2.28. The number of carbonyl (C=O) groups is 1. The van der Waals surface area contributed by atoms with Crippen LogP contribution in [0, 0.1) is 24.0 Å². The smallest absolute Gasteiger partial charge is 0.273 e. The lowest BCUT2D eigenvalue weighted by Crippen LogP contribution is -2.41. The summed E-state index contributed by atoms with van der Waals surface area (Å²) in [5.74, 6) is -0.131. The van der Waals surface area contributed by atoms with E-state index in [1.165, 1.54) is 23.6 Å². The van der Waals surface area contributed by atoms with E-state index in [0.717, 1.165) is 37.9 Å². The van der Waals surface area contributed by atoms with Crippen LogP contribution in [0.15, 0.2) is 60.8 Å². The quantitative estimate of drug-likeness (QED) is 0.329. The standard InChI is InChI=1S/C27H31N3O3/c1-20-8-6-9-22(16-20)18-28-15-7-12-25(28)19-29(24-10-4-3-5-11-24)27(31)23-14-13-21(2)26(17-23)30(32)33/h6-9,12-17,24H,3-5,10-11,18-19H2,1-2H3. The van der Waals surface area contributed by atoms with E-state index in [2.05, 4.69) is 48.0 Å². The van der Waals surface area contributed by atoms with Crippen LogP contribution in [-0.4, -0.2) is 26.3 Å². The van der Waals surface area contributed by atoms with Crippen LogP contribution in [0.2, 0.25) is 0 Å². The second-order valence-electron chi connectivity index (χ2n) is 9.10. The number of aromatic nitrogens is 1. The number of amides is 1. The van der Waals surface area contributed by atoms with E-state index in [-0.39, 0.29) is 17.6 Å². The van der Waals surface area contributed by atoms with Crippen LogP contribution < -0.4 is 0 Å². The van der Waals surface area contributed by atoms with Gasteiger partial charge in [0.25, 0.3) is 11.6 Å². The molecule has 2 aromatic carbocycles. The summed E-state index contributed by atoms with van der Waals surface area (Å²) in [7, 11) is 0. The van der Waals surface area contributed by atoms with Crippen molar-refractivity contribution >= 4 is 11.6 Å². The Hall–Kier alpha value is -3.41. The molecule has 0 bridgehead atoms. The molecule has 1 aliphatic carbocycles. The molecule has 6 heteroatoms. The average Bonchev–Trinajstić information content (AvgIpc) is 3.24. The number of hydrogen-bond donors (Lipinski definition) is 0. The normalized spacial score (nSPS) is 14.2. The Balaban J connectivity index is 1.63. The number of carbonyl (C=O) groups excluding carboxylic acids is 1. The highest BCUT2D eigenvalue weighted by Gasteiger charge is 2.28. The predicted molar refractivity (Wildman–Crippen MR) is 129 cm³/mol. The number of benzene rings is 2. The summed E-state index contributed by atoms with van der Waals surface area (Å²) in [6.45, 7) is 5.02. The van der Waals surface area contributed by atoms with E-state index in [1.54, 1.807) is 19.1 Å². The molecule has 1 amide bonds. The van der Waals surface area contributed by atoms with Crippen LogP contribution in [0.3, 0.4) is 0 Å². The van der Waals surface area contributed by atoms with E-state index < -0.39 is 4.92 Å². The third-order valence-corrected chi connectivity index (χ3v) is 6.62. The van der Waals surface area contributed by atoms with Gasteiger partial charge in [-0.2, -0.15) is 0 Å². The third-order valence-electron chi connectivity index (χ3n) is 6.62. The highest BCUT2D eigenvalue weighted by atomic mass is 16.6. The van der Waals surface area contributed by atoms with Crippen molar-refractivity contribution in [2.24, 2.45) is 0 Å². The second kappa shape index (κ2) is 10.0. The molecule has 0 aliphatic heterocycles. The zero-order valence-electron chi connectivity index (χ0n) is 19.4. The van der Waals surface area contributed by atoms with E-state index in [1.807, 2.05) is 11.0 Å². The third kappa shape index (κ3) is 5.33. The molecule has 0 spiro atoms. The van der Waals surface area contributed by atoms with Crippen molar-refractivity contribution in [3.63, 3.8) is 0 Å². The summed E-state index contributed by atoms with van der Waals surface area (Å²) in [4.78, 5) is 26.6. The molecule has 6 nitrogen and oxygen atoms in total. The number of rotatable bonds is 7. The molecule has 1 aromatic heterocycles. The van der Waals surface area contributed by atoms with Gasteiger partial charge in [-0.3, -0.25) is 14.9 Å². The van der Waals surface area contributed by atoms with Gasteiger partial charge in [-0.25, -0.2) is 0 Å². The van der Waals surface area contributed by atoms with Gasteiger partial charge in [-0.05, 0) is 50.5 Å². The molecular weight excluding hydrogens is 414 g/mol. The summed E-state index contributed by atoms with van der Waals surface area (Å²) in [6, 6.07) is 17.5. The highest BCUT2D eigenvalue weighted by molar-refractivity contribution is 5.95. The first kappa shape index (κ1) is 22.8. The van der Waals surface area contributed by atoms with Crippen molar-refractivity contribution in [1.82, 2.24) is 9.47 Å². The van der Waals surface area contributed by atoms with E-state index in [9.17, 15) is 14.9 Å². The molecule has 3 aromatic rings. The summed E-state index contributed by atoms with van der Waals surface area (Å²) in [5.41, 5.74) is 4.45. The Morgan fingerprint density at radius 2 is 1.85 bits per heavy atom. The summed E-state index contributed by atoms with van der Waals surface area (Å²) in [6.07, 6.45) is 7.40.